The van der Waals surface area contributed by atoms with Gasteiger partial charge in [-0.3, -0.25) is 9.59 Å². The van der Waals surface area contributed by atoms with Crippen molar-refractivity contribution in [3.8, 4) is 6.07 Å². The lowest BCUT2D eigenvalue weighted by Crippen LogP contribution is -2.28. The van der Waals surface area contributed by atoms with Gasteiger partial charge in [-0.2, -0.15) is 18.4 Å². The van der Waals surface area contributed by atoms with Gasteiger partial charge in [0, 0.05) is 15.7 Å². The lowest BCUT2D eigenvalue weighted by atomic mass is 9.97. The first kappa shape index (κ1) is 19.7. The number of Topliss-reactive ketones (excluding diaryl/α,β-unsaturated/α-hetero) is 1. The van der Waals surface area contributed by atoms with Gasteiger partial charge in [-0.25, -0.2) is 0 Å². The molecule has 2 aromatic carbocycles. The molecule has 0 heterocycles. The van der Waals surface area contributed by atoms with E-state index in [1.54, 1.807) is 31.2 Å². The molecule has 2 aromatic rings. The molecule has 0 fully saturated rings. The highest BCUT2D eigenvalue weighted by Crippen LogP contribution is 2.29. The lowest BCUT2D eigenvalue weighted by molar-refractivity contribution is -0.137. The number of carbonyl (C=O) groups excluding carboxylic acids is 2. The maximum atomic E-state index is 12.6. The monoisotopic (exact) mass is 424 g/mol. The molecule has 2 rings (SSSR count). The molecule has 0 aliphatic carbocycles. The molecule has 1 N–H and O–H groups in total. The summed E-state index contributed by atoms with van der Waals surface area (Å²) in [5.41, 5.74) is 0.172. The number of nitriles is 1. The van der Waals surface area contributed by atoms with Crippen molar-refractivity contribution in [1.29, 1.82) is 5.26 Å². The number of carbonyl (C=O) groups is 2. The standard InChI is InChI=1S/C18H12BrF3N2O2/c1-10-8-13(6-7-15(10)19)24-17(26)14(9-23)16(25)11-2-4-12(5-3-11)18(20,21)22/h2-8,14H,1H3,(H,24,26). The smallest absolute Gasteiger partial charge is 0.325 e. The number of aryl methyl sites for hydroxylation is 1. The average Bonchev–Trinajstić information content (AvgIpc) is 2.58. The zero-order valence-electron chi connectivity index (χ0n) is 13.4. The minimum absolute atomic E-state index is 0.147. The van der Waals surface area contributed by atoms with Gasteiger partial charge in [0.2, 0.25) is 5.91 Å². The highest BCUT2D eigenvalue weighted by Gasteiger charge is 2.32. The lowest BCUT2D eigenvalue weighted by Gasteiger charge is -2.11. The Morgan fingerprint density at radius 2 is 1.77 bits per heavy atom. The highest BCUT2D eigenvalue weighted by atomic mass is 79.9. The topological polar surface area (TPSA) is 70.0 Å². The third kappa shape index (κ3) is 4.49. The van der Waals surface area contributed by atoms with E-state index in [-0.39, 0.29) is 5.56 Å². The molecule has 1 unspecified atom stereocenters. The second-order valence-electron chi connectivity index (χ2n) is 5.45. The summed E-state index contributed by atoms with van der Waals surface area (Å²) in [6.45, 7) is 1.80. The summed E-state index contributed by atoms with van der Waals surface area (Å²) in [4.78, 5) is 24.6. The first-order valence-electron chi connectivity index (χ1n) is 7.31. The van der Waals surface area contributed by atoms with Crippen LogP contribution in [0.4, 0.5) is 18.9 Å². The Morgan fingerprint density at radius 3 is 2.27 bits per heavy atom. The van der Waals surface area contributed by atoms with Gasteiger partial charge in [-0.05, 0) is 42.8 Å². The number of amides is 1. The maximum Gasteiger partial charge on any atom is 0.416 e. The van der Waals surface area contributed by atoms with E-state index >= 15 is 0 Å². The van der Waals surface area contributed by atoms with Crippen LogP contribution in [0.15, 0.2) is 46.9 Å². The maximum absolute atomic E-state index is 12.6. The predicted molar refractivity (Wildman–Crippen MR) is 92.4 cm³/mol. The highest BCUT2D eigenvalue weighted by molar-refractivity contribution is 9.10. The van der Waals surface area contributed by atoms with Crippen molar-refractivity contribution in [3.63, 3.8) is 0 Å². The van der Waals surface area contributed by atoms with Crippen LogP contribution < -0.4 is 5.32 Å². The van der Waals surface area contributed by atoms with Crippen LogP contribution in [-0.2, 0) is 11.0 Å². The summed E-state index contributed by atoms with van der Waals surface area (Å²) in [6.07, 6.45) is -4.53. The summed E-state index contributed by atoms with van der Waals surface area (Å²) in [5.74, 6) is -3.39. The Hall–Kier alpha value is -2.66. The van der Waals surface area contributed by atoms with Gasteiger partial charge in [0.15, 0.2) is 11.7 Å². The van der Waals surface area contributed by atoms with Crippen LogP contribution in [-0.4, -0.2) is 11.7 Å². The minimum atomic E-state index is -4.53. The van der Waals surface area contributed by atoms with Crippen LogP contribution in [0.2, 0.25) is 0 Å². The number of nitrogens with zero attached hydrogens (tertiary/aromatic N) is 1. The van der Waals surface area contributed by atoms with Gasteiger partial charge in [-0.15, -0.1) is 0 Å². The molecular weight excluding hydrogens is 413 g/mol. The molecule has 0 saturated carbocycles. The van der Waals surface area contributed by atoms with E-state index in [9.17, 15) is 22.8 Å². The number of nitrogens with one attached hydrogen (secondary N) is 1. The molecule has 134 valence electrons. The molecule has 0 bridgehead atoms. The number of anilines is 1. The van der Waals surface area contributed by atoms with Crippen molar-refractivity contribution in [2.45, 2.75) is 13.1 Å². The largest absolute Gasteiger partial charge is 0.416 e. The fraction of sp³-hybridized carbons (Fsp3) is 0.167. The Bertz CT molecular complexity index is 887. The molecule has 0 aliphatic rings. The fourth-order valence-electron chi connectivity index (χ4n) is 2.16. The third-order valence-corrected chi connectivity index (χ3v) is 4.47. The van der Waals surface area contributed by atoms with E-state index in [1.165, 1.54) is 0 Å². The zero-order chi connectivity index (χ0) is 19.5. The Labute approximate surface area is 155 Å². The molecule has 26 heavy (non-hydrogen) atoms. The quantitative estimate of drug-likeness (QED) is 0.569. The average molecular weight is 425 g/mol. The van der Waals surface area contributed by atoms with Crippen LogP contribution in [0.5, 0.6) is 0 Å². The van der Waals surface area contributed by atoms with E-state index in [1.807, 2.05) is 0 Å². The van der Waals surface area contributed by atoms with Crippen LogP contribution in [0, 0.1) is 24.2 Å². The normalized spacial score (nSPS) is 12.2. The summed E-state index contributed by atoms with van der Waals surface area (Å²) >= 11 is 3.31. The zero-order valence-corrected chi connectivity index (χ0v) is 15.0. The first-order valence-corrected chi connectivity index (χ1v) is 8.11. The summed E-state index contributed by atoms with van der Waals surface area (Å²) < 4.78 is 38.5. The number of ketones is 1. The van der Waals surface area contributed by atoms with Crippen molar-refractivity contribution in [2.24, 2.45) is 5.92 Å². The van der Waals surface area contributed by atoms with E-state index in [2.05, 4.69) is 21.2 Å². The second-order valence-corrected chi connectivity index (χ2v) is 6.31. The molecule has 0 aliphatic heterocycles. The summed E-state index contributed by atoms with van der Waals surface area (Å²) in [5, 5.41) is 11.6. The van der Waals surface area contributed by atoms with Crippen LogP contribution in [0.25, 0.3) is 0 Å². The first-order chi connectivity index (χ1) is 12.1. The summed E-state index contributed by atoms with van der Waals surface area (Å²) in [6, 6.07) is 9.91. The van der Waals surface area contributed by atoms with Gasteiger partial charge < -0.3 is 5.32 Å². The second kappa shape index (κ2) is 7.70. The SMILES string of the molecule is Cc1cc(NC(=O)C(C#N)C(=O)c2ccc(C(F)(F)F)cc2)ccc1Br. The van der Waals surface area contributed by atoms with Crippen LogP contribution in [0.1, 0.15) is 21.5 Å². The predicted octanol–water partition coefficient (Wildman–Crippen LogP) is 4.74. The molecule has 0 aromatic heterocycles. The number of hydrogen-bond acceptors (Lipinski definition) is 3. The number of rotatable bonds is 4. The molecule has 4 nitrogen and oxygen atoms in total. The molecule has 0 radical (unpaired) electrons. The van der Waals surface area contributed by atoms with Crippen molar-refractivity contribution in [1.82, 2.24) is 0 Å². The van der Waals surface area contributed by atoms with E-state index in [0.29, 0.717) is 5.69 Å². The minimum Gasteiger partial charge on any atom is -0.325 e. The van der Waals surface area contributed by atoms with E-state index in [0.717, 1.165) is 34.3 Å². The number of hydrogen-bond donors (Lipinski definition) is 1. The van der Waals surface area contributed by atoms with Gasteiger partial charge in [0.1, 0.15) is 0 Å². The van der Waals surface area contributed by atoms with Gasteiger partial charge in [0.05, 0.1) is 11.6 Å². The van der Waals surface area contributed by atoms with Crippen molar-refractivity contribution < 1.29 is 22.8 Å². The Balaban J connectivity index is 2.18. The van der Waals surface area contributed by atoms with Gasteiger partial charge in [-0.1, -0.05) is 28.1 Å². The molecule has 1 amide bonds. The van der Waals surface area contributed by atoms with Crippen molar-refractivity contribution >= 4 is 33.3 Å². The number of alkyl halides is 3. The molecule has 1 atom stereocenters. The van der Waals surface area contributed by atoms with Gasteiger partial charge >= 0.3 is 6.18 Å². The number of halogens is 4. The molecule has 8 heteroatoms. The van der Waals surface area contributed by atoms with Gasteiger partial charge in [0.25, 0.3) is 0 Å². The molecule has 0 saturated heterocycles. The number of benzene rings is 2. The van der Waals surface area contributed by atoms with Crippen molar-refractivity contribution in [2.75, 3.05) is 5.32 Å². The fourth-order valence-corrected chi connectivity index (χ4v) is 2.41. The Kier molecular flexibility index (Phi) is 5.83. The third-order valence-electron chi connectivity index (χ3n) is 3.58. The molecular formula is C18H12BrF3N2O2. The Morgan fingerprint density at radius 1 is 1.15 bits per heavy atom. The van der Waals surface area contributed by atoms with Crippen LogP contribution in [0.3, 0.4) is 0 Å². The molecule has 0 spiro atoms. The van der Waals surface area contributed by atoms with Crippen LogP contribution >= 0.6 is 15.9 Å². The summed E-state index contributed by atoms with van der Waals surface area (Å²) in [7, 11) is 0. The van der Waals surface area contributed by atoms with E-state index in [4.69, 9.17) is 5.26 Å². The van der Waals surface area contributed by atoms with Crippen molar-refractivity contribution in [3.05, 3.63) is 63.6 Å². The van der Waals surface area contributed by atoms with E-state index < -0.39 is 29.3 Å².